The number of ether oxygens (including phenoxy) is 2. The molecule has 4 rings (SSSR count). The smallest absolute Gasteiger partial charge is 0.248 e. The Morgan fingerprint density at radius 3 is 2.53 bits per heavy atom. The molecule has 1 N–H and O–H groups in total. The van der Waals surface area contributed by atoms with E-state index in [4.69, 9.17) is 25.5 Å². The second-order valence-electron chi connectivity index (χ2n) is 7.25. The van der Waals surface area contributed by atoms with Gasteiger partial charge in [-0.1, -0.05) is 23.7 Å². The van der Waals surface area contributed by atoms with Crippen molar-refractivity contribution in [3.8, 4) is 22.6 Å². The Kier molecular flexibility index (Phi) is 6.19. The number of benzene rings is 3. The summed E-state index contributed by atoms with van der Waals surface area (Å²) in [6.45, 7) is 1.87. The summed E-state index contributed by atoms with van der Waals surface area (Å²) in [5.41, 5.74) is 4.83. The standard InChI is InChI=1S/C26H22ClNO4/c1-16(11-26(29)28-19-9-7-18(27)8-10-19)21-13-22-23(15-32-25(22)14-24(21)31-3)17-5-4-6-20(12-17)30-2/h4-15H,1-3H3,(H,28,29)/b16-11+. The van der Waals surface area contributed by atoms with Crippen molar-refractivity contribution in [2.24, 2.45) is 0 Å². The SMILES string of the molecule is COc1cccc(-c2coc3cc(OC)c(/C(C)=C/C(=O)Nc4ccc(Cl)cc4)cc23)c1. The molecule has 0 saturated carbocycles. The predicted octanol–water partition coefficient (Wildman–Crippen LogP) is 6.81. The van der Waals surface area contributed by atoms with Crippen LogP contribution in [0.1, 0.15) is 12.5 Å². The summed E-state index contributed by atoms with van der Waals surface area (Å²) >= 11 is 5.91. The number of methoxy groups -OCH3 is 2. The van der Waals surface area contributed by atoms with Crippen molar-refractivity contribution in [2.75, 3.05) is 19.5 Å². The fourth-order valence-electron chi connectivity index (χ4n) is 3.53. The molecule has 0 atom stereocenters. The van der Waals surface area contributed by atoms with Gasteiger partial charge in [-0.3, -0.25) is 4.79 Å². The molecule has 1 aromatic heterocycles. The van der Waals surface area contributed by atoms with Crippen molar-refractivity contribution >= 4 is 39.7 Å². The van der Waals surface area contributed by atoms with E-state index in [-0.39, 0.29) is 5.91 Å². The van der Waals surface area contributed by atoms with E-state index in [0.29, 0.717) is 22.0 Å². The van der Waals surface area contributed by atoms with Gasteiger partial charge in [0, 0.05) is 39.4 Å². The maximum atomic E-state index is 12.6. The minimum Gasteiger partial charge on any atom is -0.497 e. The molecule has 0 aliphatic carbocycles. The van der Waals surface area contributed by atoms with E-state index in [0.717, 1.165) is 33.4 Å². The number of nitrogens with one attached hydrogen (secondary N) is 1. The number of hydrogen-bond acceptors (Lipinski definition) is 4. The normalized spacial score (nSPS) is 11.4. The summed E-state index contributed by atoms with van der Waals surface area (Å²) in [7, 11) is 3.23. The van der Waals surface area contributed by atoms with Crippen molar-refractivity contribution in [2.45, 2.75) is 6.92 Å². The molecular weight excluding hydrogens is 426 g/mol. The fraction of sp³-hybridized carbons (Fsp3) is 0.115. The molecule has 5 nitrogen and oxygen atoms in total. The van der Waals surface area contributed by atoms with E-state index in [1.807, 2.05) is 43.3 Å². The van der Waals surface area contributed by atoms with Gasteiger partial charge in [-0.15, -0.1) is 0 Å². The number of fused-ring (bicyclic) bond motifs is 1. The lowest BCUT2D eigenvalue weighted by atomic mass is 9.99. The van der Waals surface area contributed by atoms with Crippen LogP contribution in [0.2, 0.25) is 5.02 Å². The van der Waals surface area contributed by atoms with Crippen molar-refractivity contribution in [3.63, 3.8) is 0 Å². The molecule has 0 radical (unpaired) electrons. The Hall–Kier alpha value is -3.70. The molecule has 0 fully saturated rings. The van der Waals surface area contributed by atoms with Gasteiger partial charge in [-0.2, -0.15) is 0 Å². The van der Waals surface area contributed by atoms with Crippen LogP contribution in [0.25, 0.3) is 27.7 Å². The molecule has 0 unspecified atom stereocenters. The number of anilines is 1. The minimum absolute atomic E-state index is 0.243. The number of carbonyl (C=O) groups excluding carboxylic acids is 1. The van der Waals surface area contributed by atoms with Gasteiger partial charge in [0.25, 0.3) is 0 Å². The maximum Gasteiger partial charge on any atom is 0.248 e. The molecule has 0 bridgehead atoms. The first-order valence-electron chi connectivity index (χ1n) is 9.97. The molecule has 0 saturated heterocycles. The first-order chi connectivity index (χ1) is 15.5. The van der Waals surface area contributed by atoms with Crippen LogP contribution in [-0.2, 0) is 4.79 Å². The Labute approximate surface area is 191 Å². The molecule has 0 spiro atoms. The highest BCUT2D eigenvalue weighted by atomic mass is 35.5. The largest absolute Gasteiger partial charge is 0.497 e. The van der Waals surface area contributed by atoms with Gasteiger partial charge < -0.3 is 19.2 Å². The quantitative estimate of drug-likeness (QED) is 0.330. The molecule has 3 aromatic carbocycles. The van der Waals surface area contributed by atoms with Gasteiger partial charge in [-0.25, -0.2) is 0 Å². The van der Waals surface area contributed by atoms with Crippen molar-refractivity contribution in [3.05, 3.63) is 83.6 Å². The zero-order valence-electron chi connectivity index (χ0n) is 17.9. The Balaban J connectivity index is 1.71. The monoisotopic (exact) mass is 447 g/mol. The highest BCUT2D eigenvalue weighted by Crippen LogP contribution is 2.38. The molecule has 4 aromatic rings. The first kappa shape index (κ1) is 21.5. The van der Waals surface area contributed by atoms with E-state index in [1.54, 1.807) is 50.8 Å². The lowest BCUT2D eigenvalue weighted by Gasteiger charge is -2.10. The van der Waals surface area contributed by atoms with E-state index < -0.39 is 0 Å². The van der Waals surface area contributed by atoms with Crippen LogP contribution in [-0.4, -0.2) is 20.1 Å². The third-order valence-electron chi connectivity index (χ3n) is 5.16. The topological polar surface area (TPSA) is 60.7 Å². The number of rotatable bonds is 6. The third-order valence-corrected chi connectivity index (χ3v) is 5.41. The highest BCUT2D eigenvalue weighted by Gasteiger charge is 2.15. The number of carbonyl (C=O) groups is 1. The van der Waals surface area contributed by atoms with E-state index >= 15 is 0 Å². The lowest BCUT2D eigenvalue weighted by Crippen LogP contribution is -2.08. The Morgan fingerprint density at radius 2 is 1.81 bits per heavy atom. The van der Waals surface area contributed by atoms with Crippen LogP contribution in [0, 0.1) is 0 Å². The van der Waals surface area contributed by atoms with Crippen molar-refractivity contribution in [1.29, 1.82) is 0 Å². The van der Waals surface area contributed by atoms with Gasteiger partial charge in [0.05, 0.1) is 20.5 Å². The summed E-state index contributed by atoms with van der Waals surface area (Å²) in [4.78, 5) is 12.6. The number of allylic oxidation sites excluding steroid dienone is 1. The van der Waals surface area contributed by atoms with Crippen molar-refractivity contribution in [1.82, 2.24) is 0 Å². The number of halogens is 1. The van der Waals surface area contributed by atoms with Crippen LogP contribution in [0.3, 0.4) is 0 Å². The summed E-state index contributed by atoms with van der Waals surface area (Å²) < 4.78 is 16.7. The number of amides is 1. The molecule has 0 aliphatic rings. The first-order valence-corrected chi connectivity index (χ1v) is 10.3. The molecular formula is C26H22ClNO4. The highest BCUT2D eigenvalue weighted by molar-refractivity contribution is 6.30. The average Bonchev–Trinajstić information content (AvgIpc) is 3.22. The van der Waals surface area contributed by atoms with Crippen LogP contribution in [0.15, 0.2) is 77.4 Å². The van der Waals surface area contributed by atoms with Crippen molar-refractivity contribution < 1.29 is 18.7 Å². The Morgan fingerprint density at radius 1 is 1.03 bits per heavy atom. The zero-order valence-corrected chi connectivity index (χ0v) is 18.7. The second-order valence-corrected chi connectivity index (χ2v) is 7.69. The van der Waals surface area contributed by atoms with Crippen LogP contribution >= 0.6 is 11.6 Å². The van der Waals surface area contributed by atoms with E-state index in [1.165, 1.54) is 0 Å². The fourth-order valence-corrected chi connectivity index (χ4v) is 3.66. The molecule has 0 aliphatic heterocycles. The predicted molar refractivity (Wildman–Crippen MR) is 128 cm³/mol. The third kappa shape index (κ3) is 4.48. The molecule has 1 amide bonds. The van der Waals surface area contributed by atoms with Crippen LogP contribution in [0.5, 0.6) is 11.5 Å². The lowest BCUT2D eigenvalue weighted by molar-refractivity contribution is -0.111. The molecule has 32 heavy (non-hydrogen) atoms. The Bertz CT molecular complexity index is 1310. The maximum absolute atomic E-state index is 12.6. The molecule has 162 valence electrons. The zero-order chi connectivity index (χ0) is 22.7. The second kappa shape index (κ2) is 9.20. The molecule has 6 heteroatoms. The van der Waals surface area contributed by atoms with Gasteiger partial charge in [0.2, 0.25) is 5.91 Å². The van der Waals surface area contributed by atoms with Gasteiger partial charge in [0.1, 0.15) is 17.1 Å². The number of furan rings is 1. The van der Waals surface area contributed by atoms with Crippen LogP contribution in [0.4, 0.5) is 5.69 Å². The van der Waals surface area contributed by atoms with Crippen LogP contribution < -0.4 is 14.8 Å². The minimum atomic E-state index is -0.243. The summed E-state index contributed by atoms with van der Waals surface area (Å²) in [5, 5.41) is 4.37. The molecule has 1 heterocycles. The summed E-state index contributed by atoms with van der Waals surface area (Å²) in [5.74, 6) is 1.14. The van der Waals surface area contributed by atoms with E-state index in [9.17, 15) is 4.79 Å². The van der Waals surface area contributed by atoms with Gasteiger partial charge in [0.15, 0.2) is 0 Å². The average molecular weight is 448 g/mol. The van der Waals surface area contributed by atoms with E-state index in [2.05, 4.69) is 5.32 Å². The summed E-state index contributed by atoms with van der Waals surface area (Å²) in [6.07, 6.45) is 3.26. The van der Waals surface area contributed by atoms with Gasteiger partial charge in [-0.05, 0) is 60.5 Å². The van der Waals surface area contributed by atoms with Gasteiger partial charge >= 0.3 is 0 Å². The number of hydrogen-bond donors (Lipinski definition) is 1. The summed E-state index contributed by atoms with van der Waals surface area (Å²) in [6, 6.07) is 18.6.